The second-order valence-electron chi connectivity index (χ2n) is 7.94. The fourth-order valence-electron chi connectivity index (χ4n) is 3.71. The van der Waals surface area contributed by atoms with Gasteiger partial charge in [-0.05, 0) is 42.7 Å². The molecule has 0 spiro atoms. The zero-order valence-corrected chi connectivity index (χ0v) is 18.5. The third-order valence-electron chi connectivity index (χ3n) is 5.33. The van der Waals surface area contributed by atoms with Crippen molar-refractivity contribution >= 4 is 56.4 Å². The van der Waals surface area contributed by atoms with Crippen LogP contribution < -0.4 is 5.56 Å². The lowest BCUT2D eigenvalue weighted by atomic mass is 10.1. The Bertz CT molecular complexity index is 1520. The van der Waals surface area contributed by atoms with Crippen molar-refractivity contribution in [1.82, 2.24) is 24.1 Å². The maximum Gasteiger partial charge on any atom is 0.265 e. The maximum absolute atomic E-state index is 13.5. The molecular weight excluding hydrogens is 433 g/mol. The first-order valence-electron chi connectivity index (χ1n) is 10.1. The second-order valence-corrected chi connectivity index (χ2v) is 8.78. The summed E-state index contributed by atoms with van der Waals surface area (Å²) in [7, 11) is 0. The van der Waals surface area contributed by atoms with E-state index in [9.17, 15) is 4.79 Å². The zero-order chi connectivity index (χ0) is 21.7. The first kappa shape index (κ1) is 20.0. The van der Waals surface area contributed by atoms with Gasteiger partial charge in [-0.15, -0.1) is 0 Å². The van der Waals surface area contributed by atoms with Gasteiger partial charge in [0.05, 0.1) is 28.1 Å². The predicted octanol–water partition coefficient (Wildman–Crippen LogP) is 5.64. The van der Waals surface area contributed by atoms with Gasteiger partial charge in [-0.1, -0.05) is 49.2 Å². The Kier molecular flexibility index (Phi) is 4.91. The molecule has 0 unspecified atom stereocenters. The summed E-state index contributed by atoms with van der Waals surface area (Å²) in [6.07, 6.45) is 2.46. The van der Waals surface area contributed by atoms with E-state index < -0.39 is 0 Å². The zero-order valence-electron chi connectivity index (χ0n) is 17.0. The average molecular weight is 452 g/mol. The second kappa shape index (κ2) is 7.62. The van der Waals surface area contributed by atoms with E-state index in [-0.39, 0.29) is 5.56 Å². The highest BCUT2D eigenvalue weighted by Crippen LogP contribution is 2.32. The lowest BCUT2D eigenvalue weighted by Crippen LogP contribution is -2.21. The van der Waals surface area contributed by atoms with Crippen LogP contribution in [0.1, 0.15) is 20.3 Å². The van der Waals surface area contributed by atoms with Crippen LogP contribution in [0.4, 0.5) is 0 Å². The minimum atomic E-state index is -0.142. The Balaban J connectivity index is 1.92. The van der Waals surface area contributed by atoms with Gasteiger partial charge in [0.2, 0.25) is 0 Å². The summed E-state index contributed by atoms with van der Waals surface area (Å²) in [6, 6.07) is 12.7. The largest absolute Gasteiger partial charge is 0.299 e. The number of rotatable bonds is 4. The Hall–Kier alpha value is -2.96. The SMILES string of the molecule is CC(C)CCn1cnc2c(c1=O)c1nc3ccccc3nc1n2-c1cc(Cl)ccc1Cl. The van der Waals surface area contributed by atoms with Crippen molar-refractivity contribution in [2.75, 3.05) is 0 Å². The van der Waals surface area contributed by atoms with Crippen molar-refractivity contribution in [3.63, 3.8) is 0 Å². The van der Waals surface area contributed by atoms with Gasteiger partial charge < -0.3 is 0 Å². The summed E-state index contributed by atoms with van der Waals surface area (Å²) < 4.78 is 3.41. The summed E-state index contributed by atoms with van der Waals surface area (Å²) in [6.45, 7) is 4.84. The van der Waals surface area contributed by atoms with Crippen LogP contribution in [-0.4, -0.2) is 24.1 Å². The smallest absolute Gasteiger partial charge is 0.265 e. The standard InChI is InChI=1S/C23H19Cl2N5O/c1-13(2)9-10-29-12-26-21-19(23(29)31)20-22(28-17-6-4-3-5-16(17)27-20)30(21)18-11-14(24)7-8-15(18)25/h3-8,11-13H,9-10H2,1-2H3. The Morgan fingerprint density at radius 2 is 1.74 bits per heavy atom. The van der Waals surface area contributed by atoms with Crippen molar-refractivity contribution in [3.05, 3.63) is 69.2 Å². The molecule has 0 saturated carbocycles. The van der Waals surface area contributed by atoms with Gasteiger partial charge in [0.25, 0.3) is 5.56 Å². The minimum Gasteiger partial charge on any atom is -0.299 e. The number of benzene rings is 2. The molecule has 5 aromatic rings. The number of hydrogen-bond acceptors (Lipinski definition) is 4. The molecule has 0 bridgehead atoms. The van der Waals surface area contributed by atoms with Crippen LogP contribution in [0.25, 0.3) is 38.9 Å². The lowest BCUT2D eigenvalue weighted by Gasteiger charge is -2.10. The normalized spacial score (nSPS) is 11.9. The van der Waals surface area contributed by atoms with Gasteiger partial charge in [-0.2, -0.15) is 0 Å². The number of para-hydroxylation sites is 2. The summed E-state index contributed by atoms with van der Waals surface area (Å²) in [4.78, 5) is 27.7. The molecular formula is C23H19Cl2N5O. The molecule has 0 radical (unpaired) electrons. The summed E-state index contributed by atoms with van der Waals surface area (Å²) in [5.41, 5.74) is 3.37. The molecule has 6 nitrogen and oxygen atoms in total. The summed E-state index contributed by atoms with van der Waals surface area (Å²) in [5.74, 6) is 0.470. The van der Waals surface area contributed by atoms with Gasteiger partial charge in [0, 0.05) is 11.6 Å². The summed E-state index contributed by atoms with van der Waals surface area (Å²) in [5, 5.41) is 1.42. The third-order valence-corrected chi connectivity index (χ3v) is 5.88. The van der Waals surface area contributed by atoms with E-state index in [1.165, 1.54) is 0 Å². The van der Waals surface area contributed by atoms with Crippen LogP contribution in [0.2, 0.25) is 10.0 Å². The number of aryl methyl sites for hydroxylation is 1. The average Bonchev–Trinajstić information content (AvgIpc) is 3.07. The lowest BCUT2D eigenvalue weighted by molar-refractivity contribution is 0.506. The van der Waals surface area contributed by atoms with Gasteiger partial charge in [0.15, 0.2) is 11.3 Å². The topological polar surface area (TPSA) is 65.6 Å². The monoisotopic (exact) mass is 451 g/mol. The van der Waals surface area contributed by atoms with Crippen LogP contribution in [0.5, 0.6) is 0 Å². The van der Waals surface area contributed by atoms with Gasteiger partial charge >= 0.3 is 0 Å². The van der Waals surface area contributed by atoms with Crippen LogP contribution in [0.3, 0.4) is 0 Å². The number of nitrogens with zero attached hydrogens (tertiary/aromatic N) is 5. The highest BCUT2D eigenvalue weighted by atomic mass is 35.5. The minimum absolute atomic E-state index is 0.142. The van der Waals surface area contributed by atoms with Crippen LogP contribution >= 0.6 is 23.2 Å². The third kappa shape index (κ3) is 3.36. The van der Waals surface area contributed by atoms with E-state index in [4.69, 9.17) is 33.2 Å². The molecule has 31 heavy (non-hydrogen) atoms. The van der Waals surface area contributed by atoms with Crippen molar-refractivity contribution in [2.24, 2.45) is 5.92 Å². The molecule has 0 aliphatic carbocycles. The van der Waals surface area contributed by atoms with Gasteiger partial charge in [0.1, 0.15) is 10.9 Å². The molecule has 0 saturated heterocycles. The van der Waals surface area contributed by atoms with E-state index in [1.807, 2.05) is 24.3 Å². The van der Waals surface area contributed by atoms with E-state index in [0.717, 1.165) is 11.9 Å². The first-order valence-corrected chi connectivity index (χ1v) is 10.8. The number of hydrogen-bond donors (Lipinski definition) is 0. The molecule has 3 aromatic heterocycles. The van der Waals surface area contributed by atoms with E-state index in [1.54, 1.807) is 33.7 Å². The molecule has 0 N–H and O–H groups in total. The fourth-order valence-corrected chi connectivity index (χ4v) is 4.08. The van der Waals surface area contributed by atoms with Crippen molar-refractivity contribution in [2.45, 2.75) is 26.8 Å². The van der Waals surface area contributed by atoms with Crippen molar-refractivity contribution < 1.29 is 0 Å². The number of fused-ring (bicyclic) bond motifs is 4. The Labute approximate surface area is 188 Å². The summed E-state index contributed by atoms with van der Waals surface area (Å²) >= 11 is 12.8. The number of halogens is 2. The van der Waals surface area contributed by atoms with E-state index in [2.05, 4.69) is 18.8 Å². The molecule has 0 fully saturated rings. The quantitative estimate of drug-likeness (QED) is 0.354. The van der Waals surface area contributed by atoms with Crippen LogP contribution in [0, 0.1) is 5.92 Å². The fraction of sp³-hybridized carbons (Fsp3) is 0.217. The molecule has 0 amide bonds. The number of aromatic nitrogens is 5. The maximum atomic E-state index is 13.5. The highest BCUT2D eigenvalue weighted by Gasteiger charge is 2.22. The van der Waals surface area contributed by atoms with Crippen molar-refractivity contribution in [1.29, 1.82) is 0 Å². The molecule has 156 valence electrons. The molecule has 5 rings (SSSR count). The predicted molar refractivity (Wildman–Crippen MR) is 125 cm³/mol. The Morgan fingerprint density at radius 3 is 2.48 bits per heavy atom. The molecule has 3 heterocycles. The molecule has 0 aliphatic heterocycles. The van der Waals surface area contributed by atoms with Crippen LogP contribution in [0.15, 0.2) is 53.6 Å². The highest BCUT2D eigenvalue weighted by molar-refractivity contribution is 6.34. The van der Waals surface area contributed by atoms with Crippen LogP contribution in [-0.2, 0) is 6.54 Å². The molecule has 0 aliphatic rings. The van der Waals surface area contributed by atoms with Gasteiger partial charge in [-0.25, -0.2) is 15.0 Å². The van der Waals surface area contributed by atoms with E-state index >= 15 is 0 Å². The first-order chi connectivity index (χ1) is 14.9. The van der Waals surface area contributed by atoms with Gasteiger partial charge in [-0.3, -0.25) is 13.9 Å². The molecule has 0 atom stereocenters. The molecule has 8 heteroatoms. The molecule has 2 aromatic carbocycles. The Morgan fingerprint density at radius 1 is 1.00 bits per heavy atom. The van der Waals surface area contributed by atoms with E-state index in [0.29, 0.717) is 55.9 Å². The van der Waals surface area contributed by atoms with Crippen molar-refractivity contribution in [3.8, 4) is 5.69 Å².